The summed E-state index contributed by atoms with van der Waals surface area (Å²) >= 11 is 0. The van der Waals surface area contributed by atoms with E-state index in [1.54, 1.807) is 38.3 Å². The van der Waals surface area contributed by atoms with Gasteiger partial charge in [0.2, 0.25) is 0 Å². The molecule has 2 unspecified atom stereocenters. The lowest BCUT2D eigenvalue weighted by Gasteiger charge is -2.16. The Labute approximate surface area is 112 Å². The molecule has 106 valence electrons. The molecule has 6 heteroatoms. The Hall–Kier alpha value is -1.79. The van der Waals surface area contributed by atoms with Gasteiger partial charge in [-0.25, -0.2) is 0 Å². The summed E-state index contributed by atoms with van der Waals surface area (Å²) in [6, 6.07) is 6.86. The van der Waals surface area contributed by atoms with Gasteiger partial charge in [0.1, 0.15) is 11.5 Å². The van der Waals surface area contributed by atoms with Gasteiger partial charge in [0, 0.05) is 6.54 Å². The van der Waals surface area contributed by atoms with Crippen molar-refractivity contribution in [2.75, 3.05) is 20.3 Å². The highest BCUT2D eigenvalue weighted by Gasteiger charge is 2.15. The van der Waals surface area contributed by atoms with Gasteiger partial charge in [-0.15, -0.1) is 0 Å². The van der Waals surface area contributed by atoms with Crippen molar-refractivity contribution in [3.63, 3.8) is 0 Å². The molecule has 0 aliphatic rings. The Balaban J connectivity index is 2.44. The van der Waals surface area contributed by atoms with Crippen LogP contribution in [0.15, 0.2) is 24.3 Å². The Morgan fingerprint density at radius 3 is 2.42 bits per heavy atom. The summed E-state index contributed by atoms with van der Waals surface area (Å²) in [4.78, 5) is 11.6. The minimum Gasteiger partial charge on any atom is -0.497 e. The Bertz CT molecular complexity index is 393. The lowest BCUT2D eigenvalue weighted by Crippen LogP contribution is -2.41. The van der Waals surface area contributed by atoms with Gasteiger partial charge in [-0.05, 0) is 31.2 Å². The Morgan fingerprint density at radius 1 is 1.32 bits per heavy atom. The van der Waals surface area contributed by atoms with Gasteiger partial charge in [-0.1, -0.05) is 0 Å². The molecule has 0 bridgehead atoms. The van der Waals surface area contributed by atoms with Crippen LogP contribution in [-0.2, 0) is 4.79 Å². The van der Waals surface area contributed by atoms with Crippen LogP contribution in [0, 0.1) is 0 Å². The highest BCUT2D eigenvalue weighted by atomic mass is 16.5. The van der Waals surface area contributed by atoms with Crippen molar-refractivity contribution >= 4 is 5.91 Å². The number of methoxy groups -OCH3 is 1. The fraction of sp³-hybridized carbons (Fsp3) is 0.462. The van der Waals surface area contributed by atoms with Crippen LogP contribution in [0.4, 0.5) is 0 Å². The molecule has 6 nitrogen and oxygen atoms in total. The van der Waals surface area contributed by atoms with Crippen LogP contribution >= 0.6 is 0 Å². The molecule has 0 spiro atoms. The van der Waals surface area contributed by atoms with Crippen LogP contribution in [0.1, 0.15) is 6.92 Å². The number of aliphatic hydroxyl groups is 2. The first-order chi connectivity index (χ1) is 9.06. The molecule has 0 heterocycles. The summed E-state index contributed by atoms with van der Waals surface area (Å²) in [5, 5.41) is 20.2. The molecule has 0 aliphatic carbocycles. The van der Waals surface area contributed by atoms with Gasteiger partial charge in [-0.2, -0.15) is 0 Å². The first-order valence-electron chi connectivity index (χ1n) is 5.94. The van der Waals surface area contributed by atoms with Gasteiger partial charge >= 0.3 is 0 Å². The Morgan fingerprint density at radius 2 is 1.89 bits per heavy atom. The van der Waals surface area contributed by atoms with E-state index in [9.17, 15) is 4.79 Å². The first-order valence-corrected chi connectivity index (χ1v) is 5.94. The predicted molar refractivity (Wildman–Crippen MR) is 69.2 cm³/mol. The summed E-state index contributed by atoms with van der Waals surface area (Å²) in [6.07, 6.45) is -1.66. The molecule has 1 aromatic rings. The fourth-order valence-corrected chi connectivity index (χ4v) is 1.34. The number of benzene rings is 1. The van der Waals surface area contributed by atoms with Crippen LogP contribution in [0.2, 0.25) is 0 Å². The summed E-state index contributed by atoms with van der Waals surface area (Å²) in [5.41, 5.74) is 0. The third-order valence-electron chi connectivity index (χ3n) is 2.46. The lowest BCUT2D eigenvalue weighted by atomic mass is 10.3. The SMILES string of the molecule is COc1ccc(OC(C)C(=O)NCC(O)CO)cc1. The van der Waals surface area contributed by atoms with Crippen LogP contribution in [0.3, 0.4) is 0 Å². The van der Waals surface area contributed by atoms with E-state index in [4.69, 9.17) is 19.7 Å². The summed E-state index contributed by atoms with van der Waals surface area (Å²) in [6.45, 7) is 1.20. The average molecular weight is 269 g/mol. The van der Waals surface area contributed by atoms with Crippen molar-refractivity contribution < 1.29 is 24.5 Å². The first kappa shape index (κ1) is 15.3. The molecule has 2 atom stereocenters. The monoisotopic (exact) mass is 269 g/mol. The van der Waals surface area contributed by atoms with E-state index in [1.165, 1.54) is 0 Å². The molecule has 3 N–H and O–H groups in total. The maximum atomic E-state index is 11.6. The number of ether oxygens (including phenoxy) is 2. The molecular formula is C13H19NO5. The van der Waals surface area contributed by atoms with E-state index >= 15 is 0 Å². The summed E-state index contributed by atoms with van der Waals surface area (Å²) in [7, 11) is 1.57. The highest BCUT2D eigenvalue weighted by molar-refractivity contribution is 5.80. The normalized spacial score (nSPS) is 13.5. The van der Waals surface area contributed by atoms with Crippen molar-refractivity contribution in [2.24, 2.45) is 0 Å². The van der Waals surface area contributed by atoms with Crippen LogP contribution in [0.5, 0.6) is 11.5 Å². The second kappa shape index (κ2) is 7.60. The lowest BCUT2D eigenvalue weighted by molar-refractivity contribution is -0.127. The number of amides is 1. The van der Waals surface area contributed by atoms with E-state index in [2.05, 4.69) is 5.32 Å². The van der Waals surface area contributed by atoms with Crippen molar-refractivity contribution in [1.82, 2.24) is 5.32 Å². The topological polar surface area (TPSA) is 88.0 Å². The van der Waals surface area contributed by atoms with Crippen molar-refractivity contribution in [3.8, 4) is 11.5 Å². The third-order valence-corrected chi connectivity index (χ3v) is 2.46. The van der Waals surface area contributed by atoms with Gasteiger partial charge in [-0.3, -0.25) is 4.79 Å². The Kier molecular flexibility index (Phi) is 6.11. The second-order valence-corrected chi connectivity index (χ2v) is 4.02. The number of rotatable bonds is 7. The molecule has 1 amide bonds. The molecular weight excluding hydrogens is 250 g/mol. The van der Waals surface area contributed by atoms with Crippen molar-refractivity contribution in [3.05, 3.63) is 24.3 Å². The van der Waals surface area contributed by atoms with E-state index < -0.39 is 18.8 Å². The molecule has 1 aromatic carbocycles. The minimum atomic E-state index is -0.961. The van der Waals surface area contributed by atoms with Gasteiger partial charge in [0.15, 0.2) is 6.10 Å². The van der Waals surface area contributed by atoms with E-state index in [0.717, 1.165) is 0 Å². The molecule has 0 radical (unpaired) electrons. The zero-order valence-corrected chi connectivity index (χ0v) is 11.0. The van der Waals surface area contributed by atoms with E-state index in [-0.39, 0.29) is 12.5 Å². The zero-order valence-electron chi connectivity index (χ0n) is 11.0. The largest absolute Gasteiger partial charge is 0.497 e. The van der Waals surface area contributed by atoms with E-state index in [0.29, 0.717) is 11.5 Å². The number of aliphatic hydroxyl groups excluding tert-OH is 2. The quantitative estimate of drug-likeness (QED) is 0.645. The van der Waals surface area contributed by atoms with Crippen LogP contribution in [0.25, 0.3) is 0 Å². The van der Waals surface area contributed by atoms with Gasteiger partial charge < -0.3 is 25.0 Å². The minimum absolute atomic E-state index is 0.00829. The second-order valence-electron chi connectivity index (χ2n) is 4.02. The van der Waals surface area contributed by atoms with Crippen molar-refractivity contribution in [1.29, 1.82) is 0 Å². The molecule has 0 saturated carbocycles. The molecule has 0 aliphatic heterocycles. The smallest absolute Gasteiger partial charge is 0.260 e. The average Bonchev–Trinajstić information content (AvgIpc) is 2.44. The van der Waals surface area contributed by atoms with Crippen LogP contribution in [-0.4, -0.2) is 48.6 Å². The number of hydrogen-bond acceptors (Lipinski definition) is 5. The predicted octanol–water partition coefficient (Wildman–Crippen LogP) is -0.0681. The molecule has 0 fully saturated rings. The van der Waals surface area contributed by atoms with Crippen LogP contribution < -0.4 is 14.8 Å². The standard InChI is InChI=1S/C13H19NO5/c1-9(13(17)14-7-10(16)8-15)19-12-5-3-11(18-2)4-6-12/h3-6,9-10,15-16H,7-8H2,1-2H3,(H,14,17). The zero-order chi connectivity index (χ0) is 14.3. The van der Waals surface area contributed by atoms with Gasteiger partial charge in [0.25, 0.3) is 5.91 Å². The molecule has 0 saturated heterocycles. The van der Waals surface area contributed by atoms with E-state index in [1.807, 2.05) is 0 Å². The number of nitrogens with one attached hydrogen (secondary N) is 1. The highest BCUT2D eigenvalue weighted by Crippen LogP contribution is 2.18. The maximum absolute atomic E-state index is 11.6. The number of carbonyl (C=O) groups excluding carboxylic acids is 1. The number of hydrogen-bond donors (Lipinski definition) is 3. The summed E-state index contributed by atoms with van der Waals surface area (Å²) in [5.74, 6) is 0.894. The molecule has 0 aromatic heterocycles. The fourth-order valence-electron chi connectivity index (χ4n) is 1.34. The third kappa shape index (κ3) is 5.15. The summed E-state index contributed by atoms with van der Waals surface area (Å²) < 4.78 is 10.4. The maximum Gasteiger partial charge on any atom is 0.260 e. The van der Waals surface area contributed by atoms with Gasteiger partial charge in [0.05, 0.1) is 19.8 Å². The molecule has 1 rings (SSSR count). The number of carbonyl (C=O) groups is 1. The van der Waals surface area contributed by atoms with Crippen molar-refractivity contribution in [2.45, 2.75) is 19.1 Å². The molecule has 19 heavy (non-hydrogen) atoms.